The number of benzene rings is 1. The van der Waals surface area contributed by atoms with E-state index in [1.165, 1.54) is 12.3 Å². The molecule has 0 radical (unpaired) electrons. The van der Waals surface area contributed by atoms with E-state index in [4.69, 9.17) is 20.9 Å². The van der Waals surface area contributed by atoms with Crippen molar-refractivity contribution in [1.29, 1.82) is 0 Å². The molecule has 31 heavy (non-hydrogen) atoms. The standard InChI is InChI=1S/C20H23BrClN3O5S/c1-14-10-24(11-15-2-4-18(22)5-3-15)6-7-25(14)19(26)12-30-20-16(13-31(27,28)29)8-17(21)9-23-20/h2-5,8-9,14H,6-7,10-13H2,1H3,(H,27,28,29)/t14-/m1/s1. The van der Waals surface area contributed by atoms with Crippen LogP contribution >= 0.6 is 27.5 Å². The van der Waals surface area contributed by atoms with Crippen LogP contribution in [0, 0.1) is 0 Å². The van der Waals surface area contributed by atoms with Crippen LogP contribution in [0.5, 0.6) is 5.88 Å². The molecular weight excluding hydrogens is 510 g/mol. The third-order valence-corrected chi connectivity index (χ3v) is 6.28. The number of rotatable bonds is 7. The van der Waals surface area contributed by atoms with E-state index in [2.05, 4.69) is 25.8 Å². The number of carbonyl (C=O) groups excluding carboxylic acids is 1. The van der Waals surface area contributed by atoms with Gasteiger partial charge in [0.05, 0.1) is 0 Å². The second-order valence-electron chi connectivity index (χ2n) is 7.43. The third-order valence-electron chi connectivity index (χ3n) is 4.91. The highest BCUT2D eigenvalue weighted by molar-refractivity contribution is 9.10. The van der Waals surface area contributed by atoms with E-state index in [1.807, 2.05) is 31.2 Å². The van der Waals surface area contributed by atoms with Crippen molar-refractivity contribution in [2.45, 2.75) is 25.3 Å². The Kier molecular flexibility index (Phi) is 7.92. The summed E-state index contributed by atoms with van der Waals surface area (Å²) in [6.07, 6.45) is 1.44. The fourth-order valence-corrected chi connectivity index (χ4v) is 4.61. The molecular formula is C20H23BrClN3O5S. The maximum absolute atomic E-state index is 12.7. The van der Waals surface area contributed by atoms with Crippen LogP contribution in [0.4, 0.5) is 0 Å². The van der Waals surface area contributed by atoms with E-state index < -0.39 is 15.9 Å². The maximum atomic E-state index is 12.7. The topological polar surface area (TPSA) is 100 Å². The zero-order valence-electron chi connectivity index (χ0n) is 16.9. The number of pyridine rings is 1. The minimum Gasteiger partial charge on any atom is -0.467 e. The van der Waals surface area contributed by atoms with Crippen molar-refractivity contribution in [1.82, 2.24) is 14.8 Å². The first-order chi connectivity index (χ1) is 14.6. The molecule has 8 nitrogen and oxygen atoms in total. The van der Waals surface area contributed by atoms with E-state index in [-0.39, 0.29) is 30.0 Å². The largest absolute Gasteiger partial charge is 0.467 e. The molecule has 3 rings (SSSR count). The molecule has 0 unspecified atom stereocenters. The molecule has 0 aliphatic carbocycles. The molecule has 168 valence electrons. The first-order valence-corrected chi connectivity index (χ1v) is 12.4. The Morgan fingerprint density at radius 2 is 2.03 bits per heavy atom. The van der Waals surface area contributed by atoms with Crippen LogP contribution in [-0.4, -0.2) is 65.9 Å². The molecule has 1 aliphatic heterocycles. The molecule has 1 aliphatic rings. The molecule has 0 bridgehead atoms. The van der Waals surface area contributed by atoms with E-state index in [0.717, 1.165) is 25.2 Å². The van der Waals surface area contributed by atoms with E-state index in [0.29, 0.717) is 16.0 Å². The van der Waals surface area contributed by atoms with Crippen LogP contribution < -0.4 is 4.74 Å². The Hall–Kier alpha value is -1.72. The lowest BCUT2D eigenvalue weighted by molar-refractivity contribution is -0.138. The molecule has 1 amide bonds. The summed E-state index contributed by atoms with van der Waals surface area (Å²) in [7, 11) is -4.27. The van der Waals surface area contributed by atoms with Crippen LogP contribution in [0.2, 0.25) is 5.02 Å². The first-order valence-electron chi connectivity index (χ1n) is 9.59. The number of ether oxygens (including phenoxy) is 1. The van der Waals surface area contributed by atoms with Crippen molar-refractivity contribution < 1.29 is 22.5 Å². The van der Waals surface area contributed by atoms with Gasteiger partial charge >= 0.3 is 0 Å². The van der Waals surface area contributed by atoms with Gasteiger partial charge in [0.2, 0.25) is 5.88 Å². The Morgan fingerprint density at radius 3 is 2.68 bits per heavy atom. The van der Waals surface area contributed by atoms with Gasteiger partial charge in [-0.05, 0) is 46.6 Å². The van der Waals surface area contributed by atoms with E-state index >= 15 is 0 Å². The lowest BCUT2D eigenvalue weighted by atomic mass is 10.1. The van der Waals surface area contributed by atoms with Gasteiger partial charge in [-0.1, -0.05) is 23.7 Å². The summed E-state index contributed by atoms with van der Waals surface area (Å²) in [6.45, 7) is 4.49. The molecule has 2 heterocycles. The highest BCUT2D eigenvalue weighted by atomic mass is 79.9. The fourth-order valence-electron chi connectivity index (χ4n) is 3.51. The van der Waals surface area contributed by atoms with Crippen LogP contribution in [0.15, 0.2) is 41.0 Å². The fraction of sp³-hybridized carbons (Fsp3) is 0.400. The zero-order chi connectivity index (χ0) is 22.6. The SMILES string of the molecule is C[C@@H]1CN(Cc2ccc(Cl)cc2)CCN1C(=O)COc1ncc(Br)cc1CS(=O)(=O)O. The van der Waals surface area contributed by atoms with Gasteiger partial charge in [0.1, 0.15) is 5.75 Å². The molecule has 1 saturated heterocycles. The van der Waals surface area contributed by atoms with Gasteiger partial charge in [0.15, 0.2) is 6.61 Å². The van der Waals surface area contributed by atoms with E-state index in [9.17, 15) is 13.2 Å². The zero-order valence-corrected chi connectivity index (χ0v) is 20.0. The molecule has 0 saturated carbocycles. The number of carbonyl (C=O) groups is 1. The van der Waals surface area contributed by atoms with Gasteiger partial charge < -0.3 is 9.64 Å². The van der Waals surface area contributed by atoms with E-state index in [1.54, 1.807) is 4.90 Å². The van der Waals surface area contributed by atoms with Crippen molar-refractivity contribution in [2.75, 3.05) is 26.2 Å². The minimum absolute atomic E-state index is 0.00297. The highest BCUT2D eigenvalue weighted by Gasteiger charge is 2.28. The maximum Gasteiger partial charge on any atom is 0.269 e. The van der Waals surface area contributed by atoms with Gasteiger partial charge in [-0.3, -0.25) is 14.2 Å². The Morgan fingerprint density at radius 1 is 1.32 bits per heavy atom. The monoisotopic (exact) mass is 531 g/mol. The predicted molar refractivity (Wildman–Crippen MR) is 121 cm³/mol. The summed E-state index contributed by atoms with van der Waals surface area (Å²) in [4.78, 5) is 20.8. The second kappa shape index (κ2) is 10.3. The van der Waals surface area contributed by atoms with Crippen molar-refractivity contribution in [3.8, 4) is 5.88 Å². The molecule has 1 fully saturated rings. The average molecular weight is 533 g/mol. The molecule has 2 aromatic rings. The Labute approximate surface area is 195 Å². The second-order valence-corrected chi connectivity index (χ2v) is 10.2. The molecule has 1 N–H and O–H groups in total. The molecule has 0 spiro atoms. The van der Waals surface area contributed by atoms with Crippen LogP contribution in [0.3, 0.4) is 0 Å². The summed E-state index contributed by atoms with van der Waals surface area (Å²) >= 11 is 9.14. The number of piperazine rings is 1. The van der Waals surface area contributed by atoms with Gasteiger partial charge in [-0.15, -0.1) is 0 Å². The normalized spacial score (nSPS) is 17.5. The summed E-state index contributed by atoms with van der Waals surface area (Å²) in [5.74, 6) is -0.854. The lowest BCUT2D eigenvalue weighted by Crippen LogP contribution is -2.54. The Balaban J connectivity index is 1.56. The lowest BCUT2D eigenvalue weighted by Gasteiger charge is -2.39. The first kappa shape index (κ1) is 23.9. The molecule has 1 atom stereocenters. The van der Waals surface area contributed by atoms with Gasteiger partial charge in [-0.2, -0.15) is 8.42 Å². The molecule has 11 heteroatoms. The van der Waals surface area contributed by atoms with Crippen molar-refractivity contribution >= 4 is 43.6 Å². The van der Waals surface area contributed by atoms with Gasteiger partial charge in [-0.25, -0.2) is 4.98 Å². The Bertz CT molecular complexity index is 1040. The molecule has 1 aromatic carbocycles. The number of nitrogens with zero attached hydrogens (tertiary/aromatic N) is 3. The van der Waals surface area contributed by atoms with Crippen molar-refractivity contribution in [3.05, 3.63) is 57.2 Å². The smallest absolute Gasteiger partial charge is 0.269 e. The highest BCUT2D eigenvalue weighted by Crippen LogP contribution is 2.22. The van der Waals surface area contributed by atoms with Crippen LogP contribution in [0.1, 0.15) is 18.1 Å². The van der Waals surface area contributed by atoms with Crippen molar-refractivity contribution in [2.24, 2.45) is 0 Å². The summed E-state index contributed by atoms with van der Waals surface area (Å²) in [5.41, 5.74) is 1.33. The summed E-state index contributed by atoms with van der Waals surface area (Å²) < 4.78 is 37.7. The van der Waals surface area contributed by atoms with Crippen LogP contribution in [-0.2, 0) is 27.2 Å². The van der Waals surface area contributed by atoms with Crippen molar-refractivity contribution in [3.63, 3.8) is 0 Å². The van der Waals surface area contributed by atoms with Crippen LogP contribution in [0.25, 0.3) is 0 Å². The number of hydrogen-bond donors (Lipinski definition) is 1. The number of amides is 1. The number of hydrogen-bond acceptors (Lipinski definition) is 6. The minimum atomic E-state index is -4.27. The average Bonchev–Trinajstić information content (AvgIpc) is 2.68. The summed E-state index contributed by atoms with van der Waals surface area (Å²) in [5, 5.41) is 0.701. The third kappa shape index (κ3) is 7.15. The number of halogens is 2. The summed E-state index contributed by atoms with van der Waals surface area (Å²) in [6, 6.07) is 9.20. The molecule has 1 aromatic heterocycles. The number of aromatic nitrogens is 1. The van der Waals surface area contributed by atoms with Gasteiger partial charge in [0.25, 0.3) is 16.0 Å². The van der Waals surface area contributed by atoms with Gasteiger partial charge in [0, 0.05) is 53.5 Å². The quantitative estimate of drug-likeness (QED) is 0.547. The predicted octanol–water partition coefficient (Wildman–Crippen LogP) is 3.00.